The van der Waals surface area contributed by atoms with Crippen molar-refractivity contribution < 1.29 is 19.2 Å². The van der Waals surface area contributed by atoms with Gasteiger partial charge in [-0.05, 0) is 6.42 Å². The van der Waals surface area contributed by atoms with Gasteiger partial charge in [0.05, 0.1) is 24.3 Å². The van der Waals surface area contributed by atoms with Gasteiger partial charge in [0.25, 0.3) is 0 Å². The molecule has 0 radical (unpaired) electrons. The molecule has 0 saturated carbocycles. The molecule has 1 fully saturated rings. The Morgan fingerprint density at radius 2 is 2.43 bits per heavy atom. The van der Waals surface area contributed by atoms with Crippen molar-refractivity contribution in [3.8, 4) is 0 Å². The fraction of sp³-hybridized carbons (Fsp3) is 0.556. The minimum Gasteiger partial charge on any atom is -0.475 e. The average Bonchev–Trinajstić information content (AvgIpc) is 2.52. The molecule has 0 aliphatic carbocycles. The van der Waals surface area contributed by atoms with Crippen LogP contribution in [0.3, 0.4) is 0 Å². The quantitative estimate of drug-likeness (QED) is 0.784. The third-order valence-electron chi connectivity index (χ3n) is 2.70. The summed E-state index contributed by atoms with van der Waals surface area (Å²) >= 11 is 0. The summed E-state index contributed by atoms with van der Waals surface area (Å²) in [5.41, 5.74) is 0.556. The maximum atomic E-state index is 10.6. The van der Waals surface area contributed by atoms with Crippen LogP contribution in [0.15, 0.2) is 10.6 Å². The molecule has 5 heteroatoms. The maximum absolute atomic E-state index is 10.6. The molecular formula is C9H11NO4. The topological polar surface area (TPSA) is 72.6 Å². The summed E-state index contributed by atoms with van der Waals surface area (Å²) < 4.78 is 9.83. The highest BCUT2D eigenvalue weighted by atomic mass is 16.5. The van der Waals surface area contributed by atoms with E-state index in [9.17, 15) is 4.79 Å². The highest BCUT2D eigenvalue weighted by Crippen LogP contribution is 2.34. The Morgan fingerprint density at radius 3 is 2.79 bits per heavy atom. The molecule has 0 spiro atoms. The Kier molecular flexibility index (Phi) is 2.03. The molecule has 0 bridgehead atoms. The van der Waals surface area contributed by atoms with E-state index in [0.29, 0.717) is 18.9 Å². The molecule has 0 aromatic carbocycles. The predicted octanol–water partition coefficient (Wildman–Crippen LogP) is 1.05. The van der Waals surface area contributed by atoms with Crippen LogP contribution >= 0.6 is 0 Å². The number of rotatable bonds is 3. The maximum Gasteiger partial charge on any atom is 0.374 e. The summed E-state index contributed by atoms with van der Waals surface area (Å²) in [6.07, 6.45) is 0.874. The Balaban J connectivity index is 2.27. The van der Waals surface area contributed by atoms with Gasteiger partial charge in [-0.25, -0.2) is 4.79 Å². The van der Waals surface area contributed by atoms with E-state index in [4.69, 9.17) is 14.4 Å². The zero-order valence-electron chi connectivity index (χ0n) is 7.82. The zero-order chi connectivity index (χ0) is 10.2. The van der Waals surface area contributed by atoms with Crippen LogP contribution < -0.4 is 0 Å². The zero-order valence-corrected chi connectivity index (χ0v) is 7.82. The van der Waals surface area contributed by atoms with Crippen molar-refractivity contribution in [3.63, 3.8) is 0 Å². The third kappa shape index (κ3) is 1.21. The van der Waals surface area contributed by atoms with Gasteiger partial charge < -0.3 is 14.4 Å². The van der Waals surface area contributed by atoms with Gasteiger partial charge in [-0.15, -0.1) is 0 Å². The van der Waals surface area contributed by atoms with E-state index >= 15 is 0 Å². The number of carbonyl (C=O) groups is 1. The van der Waals surface area contributed by atoms with E-state index in [2.05, 4.69) is 5.16 Å². The highest BCUT2D eigenvalue weighted by Gasteiger charge is 2.41. The molecule has 0 unspecified atom stereocenters. The van der Waals surface area contributed by atoms with Crippen LogP contribution in [0.2, 0.25) is 0 Å². The largest absolute Gasteiger partial charge is 0.475 e. The van der Waals surface area contributed by atoms with Gasteiger partial charge in [-0.1, -0.05) is 12.1 Å². The lowest BCUT2D eigenvalue weighted by Crippen LogP contribution is -2.46. The van der Waals surface area contributed by atoms with E-state index in [0.717, 1.165) is 6.42 Å². The lowest BCUT2D eigenvalue weighted by molar-refractivity contribution is -0.0653. The number of hydrogen-bond acceptors (Lipinski definition) is 4. The second-order valence-electron chi connectivity index (χ2n) is 3.51. The molecule has 2 rings (SSSR count). The van der Waals surface area contributed by atoms with Crippen LogP contribution in [0, 0.1) is 0 Å². The van der Waals surface area contributed by atoms with Gasteiger partial charge in [0.2, 0.25) is 5.76 Å². The average molecular weight is 197 g/mol. The first kappa shape index (κ1) is 9.21. The molecule has 0 atom stereocenters. The Bertz CT molecular complexity index is 348. The molecular weight excluding hydrogens is 186 g/mol. The smallest absolute Gasteiger partial charge is 0.374 e. The summed E-state index contributed by atoms with van der Waals surface area (Å²) in [6.45, 7) is 3.21. The molecule has 5 nitrogen and oxygen atoms in total. The van der Waals surface area contributed by atoms with Crippen molar-refractivity contribution in [1.82, 2.24) is 5.16 Å². The van der Waals surface area contributed by atoms with Crippen molar-refractivity contribution in [1.29, 1.82) is 0 Å². The number of aromatic carboxylic acids is 1. The van der Waals surface area contributed by atoms with Crippen molar-refractivity contribution in [2.24, 2.45) is 0 Å². The number of hydrogen-bond donors (Lipinski definition) is 1. The van der Waals surface area contributed by atoms with Gasteiger partial charge in [0.15, 0.2) is 0 Å². The molecule has 1 aliphatic heterocycles. The second kappa shape index (κ2) is 3.09. The van der Waals surface area contributed by atoms with Crippen LogP contribution in [-0.2, 0) is 10.2 Å². The van der Waals surface area contributed by atoms with Gasteiger partial charge in [0, 0.05) is 6.07 Å². The molecule has 0 amide bonds. The van der Waals surface area contributed by atoms with E-state index in [-0.39, 0.29) is 11.2 Å². The Morgan fingerprint density at radius 1 is 1.71 bits per heavy atom. The standard InChI is InChI=1S/C9H11NO4/c1-2-9(4-13-5-9)7-3-6(8(11)12)14-10-7/h3H,2,4-5H2,1H3,(H,11,12). The van der Waals surface area contributed by atoms with Gasteiger partial charge >= 0.3 is 5.97 Å². The van der Waals surface area contributed by atoms with Gasteiger partial charge in [0.1, 0.15) is 0 Å². The first-order valence-corrected chi connectivity index (χ1v) is 4.46. The number of carboxylic acids is 1. The van der Waals surface area contributed by atoms with Gasteiger partial charge in [-0.2, -0.15) is 0 Å². The molecule has 14 heavy (non-hydrogen) atoms. The highest BCUT2D eigenvalue weighted by molar-refractivity contribution is 5.84. The van der Waals surface area contributed by atoms with Crippen molar-refractivity contribution in [2.45, 2.75) is 18.8 Å². The SMILES string of the molecule is CCC1(c2cc(C(=O)O)on2)COC1. The van der Waals surface area contributed by atoms with Crippen LogP contribution in [-0.4, -0.2) is 29.4 Å². The fourth-order valence-electron chi connectivity index (χ4n) is 1.51. The molecule has 1 aromatic rings. The first-order chi connectivity index (χ1) is 6.68. The van der Waals surface area contributed by atoms with Crippen LogP contribution in [0.4, 0.5) is 0 Å². The minimum atomic E-state index is -1.09. The molecule has 1 N–H and O–H groups in total. The summed E-state index contributed by atoms with van der Waals surface area (Å²) in [7, 11) is 0. The van der Waals surface area contributed by atoms with Crippen molar-refractivity contribution >= 4 is 5.97 Å². The fourth-order valence-corrected chi connectivity index (χ4v) is 1.51. The monoisotopic (exact) mass is 197 g/mol. The van der Waals surface area contributed by atoms with Crippen molar-refractivity contribution in [3.05, 3.63) is 17.5 Å². The Labute approximate surface area is 80.6 Å². The number of ether oxygens (including phenoxy) is 1. The summed E-state index contributed by atoms with van der Waals surface area (Å²) in [5, 5.41) is 12.4. The van der Waals surface area contributed by atoms with Crippen LogP contribution in [0.1, 0.15) is 29.6 Å². The van der Waals surface area contributed by atoms with Gasteiger partial charge in [-0.3, -0.25) is 0 Å². The van der Waals surface area contributed by atoms with E-state index in [1.165, 1.54) is 6.07 Å². The van der Waals surface area contributed by atoms with Crippen molar-refractivity contribution in [2.75, 3.05) is 13.2 Å². The lowest BCUT2D eigenvalue weighted by Gasteiger charge is -2.38. The lowest BCUT2D eigenvalue weighted by atomic mass is 9.80. The molecule has 1 saturated heterocycles. The number of nitrogens with zero attached hydrogens (tertiary/aromatic N) is 1. The number of aromatic nitrogens is 1. The normalized spacial score (nSPS) is 18.9. The summed E-state index contributed by atoms with van der Waals surface area (Å²) in [6, 6.07) is 1.48. The Hall–Kier alpha value is -1.36. The molecule has 1 aromatic heterocycles. The first-order valence-electron chi connectivity index (χ1n) is 4.46. The minimum absolute atomic E-state index is 0.111. The number of carboxylic acid groups (broad SMARTS) is 1. The molecule has 2 heterocycles. The van der Waals surface area contributed by atoms with E-state index in [1.54, 1.807) is 0 Å². The van der Waals surface area contributed by atoms with E-state index < -0.39 is 5.97 Å². The molecule has 1 aliphatic rings. The summed E-state index contributed by atoms with van der Waals surface area (Å²) in [4.78, 5) is 10.6. The second-order valence-corrected chi connectivity index (χ2v) is 3.51. The predicted molar refractivity (Wildman–Crippen MR) is 46.3 cm³/mol. The molecule has 76 valence electrons. The van der Waals surface area contributed by atoms with Crippen LogP contribution in [0.25, 0.3) is 0 Å². The van der Waals surface area contributed by atoms with E-state index in [1.807, 2.05) is 6.92 Å². The third-order valence-corrected chi connectivity index (χ3v) is 2.70. The van der Waals surface area contributed by atoms with Crippen LogP contribution in [0.5, 0.6) is 0 Å². The summed E-state index contributed by atoms with van der Waals surface area (Å²) in [5.74, 6) is -1.20.